The fourth-order valence-electron chi connectivity index (χ4n) is 4.66. The fourth-order valence-corrected chi connectivity index (χ4v) is 4.66. The van der Waals surface area contributed by atoms with Gasteiger partial charge in [0.2, 0.25) is 11.9 Å². The number of nitrogens with one attached hydrogen (secondary N) is 1. The number of nitrogens with zero attached hydrogens (tertiary/aromatic N) is 6. The zero-order valence-corrected chi connectivity index (χ0v) is 17.8. The molecular formula is C23H25N7O2. The first kappa shape index (κ1) is 19.2. The molecule has 0 spiro atoms. The lowest BCUT2D eigenvalue weighted by molar-refractivity contribution is -0.130. The zero-order valence-electron chi connectivity index (χ0n) is 17.8. The quantitative estimate of drug-likeness (QED) is 0.534. The monoisotopic (exact) mass is 431 g/mol. The van der Waals surface area contributed by atoms with Crippen molar-refractivity contribution < 1.29 is 9.53 Å². The van der Waals surface area contributed by atoms with Crippen molar-refractivity contribution in [3.63, 3.8) is 0 Å². The highest BCUT2D eigenvalue weighted by Gasteiger charge is 2.23. The highest BCUT2D eigenvalue weighted by molar-refractivity contribution is 6.02. The lowest BCUT2D eigenvalue weighted by atomic mass is 10.0. The van der Waals surface area contributed by atoms with Crippen LogP contribution in [0.2, 0.25) is 0 Å². The number of morpholine rings is 1. The van der Waals surface area contributed by atoms with Gasteiger partial charge in [-0.05, 0) is 25.0 Å². The Morgan fingerprint density at radius 2 is 1.88 bits per heavy atom. The van der Waals surface area contributed by atoms with Crippen LogP contribution < -0.4 is 4.90 Å². The second-order valence-corrected chi connectivity index (χ2v) is 8.34. The van der Waals surface area contributed by atoms with Gasteiger partial charge in [0.05, 0.1) is 30.5 Å². The van der Waals surface area contributed by atoms with Crippen LogP contribution in [0.1, 0.15) is 12.8 Å². The van der Waals surface area contributed by atoms with Crippen LogP contribution in [0.15, 0.2) is 36.7 Å². The lowest BCUT2D eigenvalue weighted by Gasteiger charge is -2.27. The number of carbonyl (C=O) groups is 1. The second-order valence-electron chi connectivity index (χ2n) is 8.34. The Morgan fingerprint density at radius 3 is 2.72 bits per heavy atom. The first-order chi connectivity index (χ1) is 15.8. The molecule has 2 aliphatic heterocycles. The molecule has 0 aliphatic carbocycles. The Balaban J connectivity index is 1.49. The van der Waals surface area contributed by atoms with Crippen LogP contribution in [0.3, 0.4) is 0 Å². The molecule has 2 aliphatic rings. The zero-order chi connectivity index (χ0) is 21.5. The van der Waals surface area contributed by atoms with E-state index in [0.29, 0.717) is 24.8 Å². The van der Waals surface area contributed by atoms with E-state index in [4.69, 9.17) is 14.7 Å². The van der Waals surface area contributed by atoms with Gasteiger partial charge < -0.3 is 19.5 Å². The molecule has 1 aromatic carbocycles. The van der Waals surface area contributed by atoms with Gasteiger partial charge in [0.25, 0.3) is 0 Å². The Labute approximate surface area is 185 Å². The predicted octanol–water partition coefficient (Wildman–Crippen LogP) is 2.43. The summed E-state index contributed by atoms with van der Waals surface area (Å²) in [7, 11) is 0. The summed E-state index contributed by atoms with van der Waals surface area (Å²) >= 11 is 0. The van der Waals surface area contributed by atoms with Crippen molar-refractivity contribution in [2.45, 2.75) is 19.4 Å². The Morgan fingerprint density at radius 1 is 1.03 bits per heavy atom. The fraction of sp³-hybridized carbons (Fsp3) is 0.391. The summed E-state index contributed by atoms with van der Waals surface area (Å²) in [6.07, 6.45) is 5.86. The van der Waals surface area contributed by atoms with E-state index in [-0.39, 0.29) is 12.5 Å². The number of amides is 1. The number of hydrogen-bond donors (Lipinski definition) is 1. The maximum atomic E-state index is 12.8. The minimum absolute atomic E-state index is 0.0910. The molecular weight excluding hydrogens is 406 g/mol. The summed E-state index contributed by atoms with van der Waals surface area (Å²) < 4.78 is 7.24. The van der Waals surface area contributed by atoms with Gasteiger partial charge in [-0.25, -0.2) is 9.67 Å². The number of hydrogen-bond acceptors (Lipinski definition) is 6. The van der Waals surface area contributed by atoms with Gasteiger partial charge in [0.1, 0.15) is 6.54 Å². The van der Waals surface area contributed by atoms with Crippen LogP contribution in [-0.2, 0) is 16.1 Å². The van der Waals surface area contributed by atoms with Gasteiger partial charge in [-0.1, -0.05) is 12.1 Å². The van der Waals surface area contributed by atoms with Crippen LogP contribution in [0.5, 0.6) is 0 Å². The maximum absolute atomic E-state index is 12.8. The molecule has 2 fully saturated rings. The second kappa shape index (κ2) is 7.90. The van der Waals surface area contributed by atoms with Gasteiger partial charge in [-0.2, -0.15) is 10.1 Å². The van der Waals surface area contributed by atoms with Gasteiger partial charge in [0.15, 0.2) is 5.65 Å². The van der Waals surface area contributed by atoms with Crippen molar-refractivity contribution in [2.75, 3.05) is 44.3 Å². The number of fused-ring (bicyclic) bond motifs is 2. The number of carbonyl (C=O) groups excluding carboxylic acids is 1. The molecule has 164 valence electrons. The highest BCUT2D eigenvalue weighted by Crippen LogP contribution is 2.33. The molecule has 0 saturated carbocycles. The molecule has 0 bridgehead atoms. The molecule has 0 atom stereocenters. The van der Waals surface area contributed by atoms with Crippen molar-refractivity contribution in [2.24, 2.45) is 0 Å². The van der Waals surface area contributed by atoms with Crippen LogP contribution in [0, 0.1) is 0 Å². The van der Waals surface area contributed by atoms with E-state index in [1.807, 2.05) is 17.2 Å². The molecule has 3 aromatic heterocycles. The van der Waals surface area contributed by atoms with Crippen LogP contribution in [-0.4, -0.2) is 74.9 Å². The molecule has 1 amide bonds. The number of anilines is 1. The van der Waals surface area contributed by atoms with Crippen molar-refractivity contribution in [1.29, 1.82) is 0 Å². The number of rotatable bonds is 4. The van der Waals surface area contributed by atoms with Gasteiger partial charge in [-0.15, -0.1) is 0 Å². The van der Waals surface area contributed by atoms with Crippen molar-refractivity contribution in [1.82, 2.24) is 29.6 Å². The van der Waals surface area contributed by atoms with E-state index in [1.54, 1.807) is 10.9 Å². The standard InChI is InChI=1S/C23H25N7O2/c31-20(28-8-1-2-9-28)15-30-22-18(14-25-30)21(17-4-3-5-19-16(17)6-7-24-19)26-23(27-22)29-10-12-32-13-11-29/h3-7,14,24H,1-2,8-13,15H2. The highest BCUT2D eigenvalue weighted by atomic mass is 16.5. The van der Waals surface area contributed by atoms with E-state index in [0.717, 1.165) is 66.6 Å². The first-order valence-electron chi connectivity index (χ1n) is 11.2. The third-order valence-electron chi connectivity index (χ3n) is 6.37. The van der Waals surface area contributed by atoms with E-state index in [9.17, 15) is 4.79 Å². The summed E-state index contributed by atoms with van der Waals surface area (Å²) in [6, 6.07) is 8.22. The maximum Gasteiger partial charge on any atom is 0.244 e. The molecule has 4 aromatic rings. The normalized spacial score (nSPS) is 17.0. The average Bonchev–Trinajstić information content (AvgIpc) is 3.60. The molecule has 2 saturated heterocycles. The largest absolute Gasteiger partial charge is 0.378 e. The number of likely N-dealkylation sites (tertiary alicyclic amines) is 1. The number of H-pyrrole nitrogens is 1. The third kappa shape index (κ3) is 3.29. The summed E-state index contributed by atoms with van der Waals surface area (Å²) in [5.74, 6) is 0.743. The number of benzene rings is 1. The molecule has 1 N–H and O–H groups in total. The summed E-state index contributed by atoms with van der Waals surface area (Å²) in [5.41, 5.74) is 3.60. The van der Waals surface area contributed by atoms with Gasteiger partial charge >= 0.3 is 0 Å². The predicted molar refractivity (Wildman–Crippen MR) is 121 cm³/mol. The van der Waals surface area contributed by atoms with E-state index < -0.39 is 0 Å². The summed E-state index contributed by atoms with van der Waals surface area (Å²) in [4.78, 5) is 30.0. The number of ether oxygens (including phenoxy) is 1. The Bertz CT molecular complexity index is 1280. The van der Waals surface area contributed by atoms with Gasteiger partial charge in [-0.3, -0.25) is 4.79 Å². The van der Waals surface area contributed by atoms with Crippen molar-refractivity contribution in [3.8, 4) is 11.3 Å². The Hall–Kier alpha value is -3.46. The molecule has 0 unspecified atom stereocenters. The third-order valence-corrected chi connectivity index (χ3v) is 6.37. The van der Waals surface area contributed by atoms with Crippen LogP contribution in [0.4, 0.5) is 5.95 Å². The summed E-state index contributed by atoms with van der Waals surface area (Å²) in [5, 5.41) is 6.51. The molecule has 9 nitrogen and oxygen atoms in total. The summed E-state index contributed by atoms with van der Waals surface area (Å²) in [6.45, 7) is 4.62. The van der Waals surface area contributed by atoms with Crippen molar-refractivity contribution >= 4 is 33.8 Å². The topological polar surface area (TPSA) is 92.2 Å². The molecule has 5 heterocycles. The Kier molecular flexibility index (Phi) is 4.75. The molecule has 9 heteroatoms. The molecule has 6 rings (SSSR count). The SMILES string of the molecule is O=C(Cn1ncc2c(-c3cccc4[nH]ccc34)nc(N3CCOCC3)nc21)N1CCCC1. The van der Waals surface area contributed by atoms with E-state index >= 15 is 0 Å². The number of aromatic nitrogens is 5. The van der Waals surface area contributed by atoms with Gasteiger partial charge in [0, 0.05) is 48.8 Å². The minimum Gasteiger partial charge on any atom is -0.378 e. The molecule has 32 heavy (non-hydrogen) atoms. The van der Waals surface area contributed by atoms with Crippen LogP contribution >= 0.6 is 0 Å². The average molecular weight is 432 g/mol. The molecule has 0 radical (unpaired) electrons. The van der Waals surface area contributed by atoms with Crippen LogP contribution in [0.25, 0.3) is 33.2 Å². The number of aromatic amines is 1. The van der Waals surface area contributed by atoms with E-state index in [1.165, 1.54) is 0 Å². The van der Waals surface area contributed by atoms with Crippen molar-refractivity contribution in [3.05, 3.63) is 36.7 Å². The smallest absolute Gasteiger partial charge is 0.244 e. The van der Waals surface area contributed by atoms with E-state index in [2.05, 4.69) is 33.2 Å². The first-order valence-corrected chi connectivity index (χ1v) is 11.2. The minimum atomic E-state index is 0.0910. The lowest BCUT2D eigenvalue weighted by Crippen LogP contribution is -2.37.